The van der Waals surface area contributed by atoms with E-state index in [1.807, 2.05) is 36.4 Å². The topological polar surface area (TPSA) is 113 Å². The van der Waals surface area contributed by atoms with Gasteiger partial charge in [0, 0.05) is 41.7 Å². The van der Waals surface area contributed by atoms with Crippen molar-refractivity contribution in [3.8, 4) is 23.2 Å². The van der Waals surface area contributed by atoms with Crippen LogP contribution in [0.2, 0.25) is 0 Å². The summed E-state index contributed by atoms with van der Waals surface area (Å²) < 4.78 is 5.61. The number of hydrogen-bond donors (Lipinski definition) is 3. The molecule has 3 heterocycles. The zero-order valence-corrected chi connectivity index (χ0v) is 22.1. The number of Topliss-reactive ketones (excluding diaryl/α,β-unsaturated/α-hetero) is 1. The van der Waals surface area contributed by atoms with Crippen molar-refractivity contribution < 1.29 is 14.3 Å². The van der Waals surface area contributed by atoms with Crippen molar-refractivity contribution in [2.45, 2.75) is 57.1 Å². The van der Waals surface area contributed by atoms with Gasteiger partial charge in [-0.25, -0.2) is 9.97 Å². The van der Waals surface area contributed by atoms with Crippen LogP contribution in [0.3, 0.4) is 0 Å². The Morgan fingerprint density at radius 3 is 2.58 bits per heavy atom. The minimum absolute atomic E-state index is 0.165. The molecule has 0 atom stereocenters. The molecule has 40 heavy (non-hydrogen) atoms. The molecule has 3 N–H and O–H groups in total. The van der Waals surface area contributed by atoms with E-state index in [4.69, 9.17) is 9.40 Å². The second kappa shape index (κ2) is 11.7. The Kier molecular flexibility index (Phi) is 7.56. The molecule has 8 nitrogen and oxygen atoms in total. The Morgan fingerprint density at radius 2 is 1.82 bits per heavy atom. The number of rotatable bonds is 8. The molecular weight excluding hydrogens is 502 g/mol. The first-order chi connectivity index (χ1) is 19.6. The van der Waals surface area contributed by atoms with E-state index in [1.54, 1.807) is 30.8 Å². The summed E-state index contributed by atoms with van der Waals surface area (Å²) in [5.41, 5.74) is 3.71. The lowest BCUT2D eigenvalue weighted by Gasteiger charge is -2.27. The van der Waals surface area contributed by atoms with Crippen LogP contribution in [0.1, 0.15) is 66.6 Å². The molecule has 6 rings (SSSR count). The molecule has 1 aromatic carbocycles. The highest BCUT2D eigenvalue weighted by atomic mass is 16.3. The minimum atomic E-state index is -0.222. The lowest BCUT2D eigenvalue weighted by molar-refractivity contribution is 0.0976. The number of aliphatic hydroxyl groups excluding tert-OH is 1. The first-order valence-corrected chi connectivity index (χ1v) is 13.8. The second-order valence-corrected chi connectivity index (χ2v) is 10.5. The number of benzene rings is 1. The maximum absolute atomic E-state index is 12.4. The summed E-state index contributed by atoms with van der Waals surface area (Å²) in [5, 5.41) is 16.7. The van der Waals surface area contributed by atoms with Crippen LogP contribution >= 0.6 is 0 Å². The summed E-state index contributed by atoms with van der Waals surface area (Å²) in [6, 6.07) is 15.2. The Balaban J connectivity index is 1.14. The lowest BCUT2D eigenvalue weighted by Crippen LogP contribution is -2.28. The highest BCUT2D eigenvalue weighted by Gasteiger charge is 2.25. The zero-order chi connectivity index (χ0) is 27.3. The van der Waals surface area contributed by atoms with Crippen molar-refractivity contribution in [2.24, 2.45) is 5.92 Å². The van der Waals surface area contributed by atoms with Gasteiger partial charge in [-0.05, 0) is 98.9 Å². The molecule has 8 heteroatoms. The van der Waals surface area contributed by atoms with Gasteiger partial charge in [0.05, 0.1) is 17.9 Å². The Bertz CT molecular complexity index is 1530. The maximum atomic E-state index is 12.4. The summed E-state index contributed by atoms with van der Waals surface area (Å²) in [7, 11) is 0. The third kappa shape index (κ3) is 6.56. The van der Waals surface area contributed by atoms with Crippen LogP contribution in [0.5, 0.6) is 0 Å². The Labute approximate surface area is 233 Å². The smallest absolute Gasteiger partial charge is 0.229 e. The number of hydrogen-bond acceptors (Lipinski definition) is 8. The van der Waals surface area contributed by atoms with Crippen LogP contribution in [-0.4, -0.2) is 38.0 Å². The second-order valence-electron chi connectivity index (χ2n) is 10.5. The highest BCUT2D eigenvalue weighted by molar-refractivity contribution is 5.96. The average Bonchev–Trinajstić information content (AvgIpc) is 3.62. The molecule has 2 aliphatic rings. The predicted octanol–water partition coefficient (Wildman–Crippen LogP) is 5.97. The van der Waals surface area contributed by atoms with Crippen molar-refractivity contribution in [1.82, 2.24) is 15.0 Å². The number of carbonyl (C=O) groups is 1. The molecule has 0 bridgehead atoms. The van der Waals surface area contributed by atoms with Gasteiger partial charge in [0.25, 0.3) is 0 Å². The van der Waals surface area contributed by atoms with E-state index < -0.39 is 0 Å². The fourth-order valence-corrected chi connectivity index (χ4v) is 4.85. The molecule has 0 aliphatic heterocycles. The lowest BCUT2D eigenvalue weighted by atomic mass is 9.93. The number of aliphatic hydroxyl groups is 1. The fraction of sp³-hybridized carbons (Fsp3) is 0.312. The van der Waals surface area contributed by atoms with E-state index in [2.05, 4.69) is 32.4 Å². The van der Waals surface area contributed by atoms with Gasteiger partial charge < -0.3 is 20.2 Å². The van der Waals surface area contributed by atoms with Crippen LogP contribution < -0.4 is 10.6 Å². The van der Waals surface area contributed by atoms with Crippen LogP contribution in [-0.2, 0) is 0 Å². The Morgan fingerprint density at radius 1 is 1.00 bits per heavy atom. The molecule has 2 aliphatic carbocycles. The van der Waals surface area contributed by atoms with Crippen molar-refractivity contribution >= 4 is 23.2 Å². The van der Waals surface area contributed by atoms with Crippen molar-refractivity contribution in [3.63, 3.8) is 0 Å². The molecule has 4 aromatic rings. The van der Waals surface area contributed by atoms with E-state index >= 15 is 0 Å². The standard InChI is InChI=1S/C32H31N5O3/c38-27-13-11-24(12-14-27)35-31-28(30-2-1-17-40-30)20-34-32(37-31)36-25-8-5-21(6-9-25)7-10-26-19-23(15-16-33-26)29(39)18-22-3-4-22/h1-2,5-6,8-9,15-17,19-20,22,24,27,38H,3-4,11-14,18H2,(H2,34,35,36,37). The number of aromatic nitrogens is 3. The number of furan rings is 1. The molecule has 0 amide bonds. The minimum Gasteiger partial charge on any atom is -0.464 e. The molecule has 3 aromatic heterocycles. The monoisotopic (exact) mass is 533 g/mol. The predicted molar refractivity (Wildman–Crippen MR) is 153 cm³/mol. The molecule has 0 saturated heterocycles. The van der Waals surface area contributed by atoms with E-state index in [0.717, 1.165) is 55.3 Å². The number of nitrogens with one attached hydrogen (secondary N) is 2. The zero-order valence-electron chi connectivity index (χ0n) is 22.1. The number of ketones is 1. The number of anilines is 3. The average molecular weight is 534 g/mol. The van der Waals surface area contributed by atoms with Gasteiger partial charge in [0.2, 0.25) is 5.95 Å². The van der Waals surface area contributed by atoms with Crippen molar-refractivity contribution in [3.05, 3.63) is 84.0 Å². The summed E-state index contributed by atoms with van der Waals surface area (Å²) in [4.78, 5) is 26.0. The van der Waals surface area contributed by atoms with Crippen LogP contribution in [0.15, 0.2) is 71.6 Å². The van der Waals surface area contributed by atoms with Crippen LogP contribution in [0, 0.1) is 17.8 Å². The fourth-order valence-electron chi connectivity index (χ4n) is 4.85. The summed E-state index contributed by atoms with van der Waals surface area (Å²) >= 11 is 0. The van der Waals surface area contributed by atoms with Crippen LogP contribution in [0.25, 0.3) is 11.3 Å². The van der Waals surface area contributed by atoms with E-state index in [9.17, 15) is 9.90 Å². The molecule has 0 radical (unpaired) electrons. The van der Waals surface area contributed by atoms with E-state index in [1.165, 1.54) is 0 Å². The molecule has 0 spiro atoms. The molecule has 2 saturated carbocycles. The van der Waals surface area contributed by atoms with Gasteiger partial charge >= 0.3 is 0 Å². The van der Waals surface area contributed by atoms with Crippen molar-refractivity contribution in [2.75, 3.05) is 10.6 Å². The van der Waals surface area contributed by atoms with Gasteiger partial charge in [0.15, 0.2) is 5.78 Å². The van der Waals surface area contributed by atoms with Gasteiger partial charge in [-0.1, -0.05) is 5.92 Å². The summed E-state index contributed by atoms with van der Waals surface area (Å²) in [6.45, 7) is 0. The van der Waals surface area contributed by atoms with Crippen molar-refractivity contribution in [1.29, 1.82) is 0 Å². The third-order valence-electron chi connectivity index (χ3n) is 7.34. The first-order valence-electron chi connectivity index (χ1n) is 13.8. The van der Waals surface area contributed by atoms with Gasteiger partial charge in [-0.2, -0.15) is 4.98 Å². The maximum Gasteiger partial charge on any atom is 0.229 e. The number of carbonyl (C=O) groups excluding carboxylic acids is 1. The molecule has 0 unspecified atom stereocenters. The van der Waals surface area contributed by atoms with Gasteiger partial charge in [0.1, 0.15) is 17.3 Å². The Hall–Kier alpha value is -4.48. The number of nitrogens with zero attached hydrogens (tertiary/aromatic N) is 3. The van der Waals surface area contributed by atoms with Gasteiger partial charge in [-0.15, -0.1) is 0 Å². The quantitative estimate of drug-likeness (QED) is 0.187. The van der Waals surface area contributed by atoms with E-state index in [-0.39, 0.29) is 17.9 Å². The highest BCUT2D eigenvalue weighted by Crippen LogP contribution is 2.33. The third-order valence-corrected chi connectivity index (χ3v) is 7.34. The first kappa shape index (κ1) is 25.8. The van der Waals surface area contributed by atoms with Gasteiger partial charge in [-0.3, -0.25) is 4.79 Å². The van der Waals surface area contributed by atoms with E-state index in [0.29, 0.717) is 41.1 Å². The summed E-state index contributed by atoms with van der Waals surface area (Å²) in [5.74, 6) is 8.77. The van der Waals surface area contributed by atoms with Crippen LogP contribution in [0.4, 0.5) is 17.5 Å². The number of pyridine rings is 1. The largest absolute Gasteiger partial charge is 0.464 e. The molecule has 202 valence electrons. The molecule has 2 fully saturated rings. The molecular formula is C32H31N5O3. The SMILES string of the molecule is O=C(CC1CC1)c1ccnc(C#Cc2ccc(Nc3ncc(-c4ccco4)c(NC4CCC(O)CC4)n3)cc2)c1. The summed E-state index contributed by atoms with van der Waals surface area (Å²) in [6.07, 6.45) is 11.0. The normalized spacial score (nSPS) is 18.4.